The van der Waals surface area contributed by atoms with Gasteiger partial charge in [0.25, 0.3) is 5.91 Å². The highest BCUT2D eigenvalue weighted by Crippen LogP contribution is 2.30. The third-order valence-corrected chi connectivity index (χ3v) is 3.53. The first-order valence-corrected chi connectivity index (χ1v) is 7.35. The first-order valence-electron chi connectivity index (χ1n) is 7.35. The zero-order valence-electron chi connectivity index (χ0n) is 13.8. The summed E-state index contributed by atoms with van der Waals surface area (Å²) < 4.78 is 10.9. The smallest absolute Gasteiger partial charge is 0.258 e. The maximum atomic E-state index is 12.9. The number of rotatable bonds is 5. The van der Waals surface area contributed by atoms with Crippen LogP contribution < -0.4 is 4.74 Å². The molecule has 1 aromatic heterocycles. The molecule has 0 fully saturated rings. The standard InChI is InChI=1S/C17H23NO4/c1-6-18(10-17(3,4)20)16(19)15-11(2)22-14-8-7-12(21-5)9-13(14)15/h7-9,20H,6,10H2,1-5H3. The summed E-state index contributed by atoms with van der Waals surface area (Å²) in [6.45, 7) is 7.81. The van der Waals surface area contributed by atoms with Crippen molar-refractivity contribution in [3.05, 3.63) is 29.5 Å². The summed E-state index contributed by atoms with van der Waals surface area (Å²) in [5.41, 5.74) is 0.234. The van der Waals surface area contributed by atoms with Gasteiger partial charge in [-0.3, -0.25) is 4.79 Å². The molecule has 22 heavy (non-hydrogen) atoms. The average Bonchev–Trinajstić information content (AvgIpc) is 2.77. The van der Waals surface area contributed by atoms with Gasteiger partial charge in [0.2, 0.25) is 0 Å². The summed E-state index contributed by atoms with van der Waals surface area (Å²) in [7, 11) is 1.59. The summed E-state index contributed by atoms with van der Waals surface area (Å²) in [5.74, 6) is 1.10. The number of benzene rings is 1. The van der Waals surface area contributed by atoms with Crippen LogP contribution in [-0.2, 0) is 0 Å². The lowest BCUT2D eigenvalue weighted by atomic mass is 10.1. The number of ether oxygens (including phenoxy) is 1. The number of likely N-dealkylation sites (N-methyl/N-ethyl adjacent to an activating group) is 1. The van der Waals surface area contributed by atoms with Gasteiger partial charge in [0, 0.05) is 18.5 Å². The highest BCUT2D eigenvalue weighted by atomic mass is 16.5. The van der Waals surface area contributed by atoms with E-state index in [0.717, 1.165) is 5.39 Å². The third-order valence-electron chi connectivity index (χ3n) is 3.53. The molecule has 0 saturated heterocycles. The van der Waals surface area contributed by atoms with Crippen LogP contribution in [0.5, 0.6) is 5.75 Å². The Morgan fingerprint density at radius 3 is 2.64 bits per heavy atom. The largest absolute Gasteiger partial charge is 0.497 e. The van der Waals surface area contributed by atoms with Crippen molar-refractivity contribution < 1.29 is 19.1 Å². The summed E-state index contributed by atoms with van der Waals surface area (Å²) in [5, 5.41) is 10.7. The lowest BCUT2D eigenvalue weighted by Gasteiger charge is -2.28. The predicted molar refractivity (Wildman–Crippen MR) is 85.4 cm³/mol. The number of nitrogens with zero attached hydrogens (tertiary/aromatic N) is 1. The highest BCUT2D eigenvalue weighted by molar-refractivity contribution is 6.07. The second-order valence-corrected chi connectivity index (χ2v) is 6.03. The number of fused-ring (bicyclic) bond motifs is 1. The quantitative estimate of drug-likeness (QED) is 0.922. The number of aliphatic hydroxyl groups is 1. The van der Waals surface area contributed by atoms with Crippen LogP contribution in [0.25, 0.3) is 11.0 Å². The van der Waals surface area contributed by atoms with E-state index >= 15 is 0 Å². The zero-order valence-corrected chi connectivity index (χ0v) is 13.8. The molecule has 0 aliphatic carbocycles. The number of hydrogen-bond donors (Lipinski definition) is 1. The van der Waals surface area contributed by atoms with E-state index in [0.29, 0.717) is 29.2 Å². The molecule has 1 amide bonds. The van der Waals surface area contributed by atoms with Crippen molar-refractivity contribution in [1.82, 2.24) is 4.90 Å². The van der Waals surface area contributed by atoms with Crippen molar-refractivity contribution in [3.63, 3.8) is 0 Å². The normalized spacial score (nSPS) is 11.7. The number of furan rings is 1. The molecule has 120 valence electrons. The van der Waals surface area contributed by atoms with Gasteiger partial charge in [-0.05, 0) is 45.9 Å². The topological polar surface area (TPSA) is 62.9 Å². The van der Waals surface area contributed by atoms with Gasteiger partial charge in [-0.1, -0.05) is 0 Å². The molecule has 0 aliphatic rings. The molecular weight excluding hydrogens is 282 g/mol. The number of carbonyl (C=O) groups excluding carboxylic acids is 1. The summed E-state index contributed by atoms with van der Waals surface area (Å²) in [6, 6.07) is 5.40. The number of aryl methyl sites for hydroxylation is 1. The first-order chi connectivity index (χ1) is 10.3. The number of carbonyl (C=O) groups is 1. The fourth-order valence-corrected chi connectivity index (χ4v) is 2.54. The Kier molecular flexibility index (Phi) is 4.47. The fourth-order valence-electron chi connectivity index (χ4n) is 2.54. The Bertz CT molecular complexity index is 682. The minimum absolute atomic E-state index is 0.144. The molecule has 0 radical (unpaired) electrons. The highest BCUT2D eigenvalue weighted by Gasteiger charge is 2.26. The van der Waals surface area contributed by atoms with Gasteiger partial charge in [-0.15, -0.1) is 0 Å². The minimum atomic E-state index is -0.948. The van der Waals surface area contributed by atoms with E-state index in [4.69, 9.17) is 9.15 Å². The van der Waals surface area contributed by atoms with Crippen LogP contribution >= 0.6 is 0 Å². The Morgan fingerprint density at radius 1 is 1.41 bits per heavy atom. The monoisotopic (exact) mass is 305 g/mol. The SMILES string of the molecule is CCN(CC(C)(C)O)C(=O)c1c(C)oc2ccc(OC)cc12. The fraction of sp³-hybridized carbons (Fsp3) is 0.471. The van der Waals surface area contributed by atoms with Crippen LogP contribution in [0.3, 0.4) is 0 Å². The van der Waals surface area contributed by atoms with E-state index in [1.807, 2.05) is 6.92 Å². The molecular formula is C17H23NO4. The van der Waals surface area contributed by atoms with Crippen LogP contribution in [0.2, 0.25) is 0 Å². The first kappa shape index (κ1) is 16.4. The summed E-state index contributed by atoms with van der Waals surface area (Å²) in [4.78, 5) is 14.5. The van der Waals surface area contributed by atoms with Crippen molar-refractivity contribution in [2.24, 2.45) is 0 Å². The van der Waals surface area contributed by atoms with Crippen molar-refractivity contribution in [2.75, 3.05) is 20.2 Å². The Balaban J connectivity index is 2.48. The van der Waals surface area contributed by atoms with Crippen LogP contribution in [0.1, 0.15) is 36.9 Å². The molecule has 1 heterocycles. The van der Waals surface area contributed by atoms with E-state index in [1.165, 1.54) is 0 Å². The molecule has 0 spiro atoms. The minimum Gasteiger partial charge on any atom is -0.497 e. The van der Waals surface area contributed by atoms with Crippen LogP contribution in [-0.4, -0.2) is 41.7 Å². The Labute approximate surface area is 130 Å². The second-order valence-electron chi connectivity index (χ2n) is 6.03. The lowest BCUT2D eigenvalue weighted by Crippen LogP contribution is -2.42. The van der Waals surface area contributed by atoms with Crippen LogP contribution in [0, 0.1) is 6.92 Å². The molecule has 0 bridgehead atoms. The molecule has 5 nitrogen and oxygen atoms in total. The van der Waals surface area contributed by atoms with Gasteiger partial charge in [0.15, 0.2) is 0 Å². The molecule has 1 aromatic carbocycles. The molecule has 1 N–H and O–H groups in total. The van der Waals surface area contributed by atoms with Crippen molar-refractivity contribution in [2.45, 2.75) is 33.3 Å². The van der Waals surface area contributed by atoms with E-state index in [9.17, 15) is 9.90 Å². The molecule has 0 saturated carbocycles. The number of amides is 1. The van der Waals surface area contributed by atoms with Gasteiger partial charge in [-0.2, -0.15) is 0 Å². The molecule has 0 aliphatic heterocycles. The van der Waals surface area contributed by atoms with E-state index in [-0.39, 0.29) is 12.5 Å². The van der Waals surface area contributed by atoms with Gasteiger partial charge >= 0.3 is 0 Å². The van der Waals surface area contributed by atoms with Crippen molar-refractivity contribution in [1.29, 1.82) is 0 Å². The molecule has 2 rings (SSSR count). The molecule has 0 unspecified atom stereocenters. The Hall–Kier alpha value is -2.01. The van der Waals surface area contributed by atoms with E-state index in [1.54, 1.807) is 51.0 Å². The molecule has 0 atom stereocenters. The van der Waals surface area contributed by atoms with Crippen molar-refractivity contribution >= 4 is 16.9 Å². The maximum Gasteiger partial charge on any atom is 0.258 e. The van der Waals surface area contributed by atoms with E-state index in [2.05, 4.69) is 0 Å². The molecule has 2 aromatic rings. The Morgan fingerprint density at radius 2 is 2.09 bits per heavy atom. The lowest BCUT2D eigenvalue weighted by molar-refractivity contribution is 0.0314. The van der Waals surface area contributed by atoms with Crippen molar-refractivity contribution in [3.8, 4) is 5.75 Å². The van der Waals surface area contributed by atoms with Gasteiger partial charge < -0.3 is 19.2 Å². The molecule has 5 heteroatoms. The van der Waals surface area contributed by atoms with Gasteiger partial charge in [-0.25, -0.2) is 0 Å². The number of hydrogen-bond acceptors (Lipinski definition) is 4. The van der Waals surface area contributed by atoms with E-state index < -0.39 is 5.60 Å². The summed E-state index contributed by atoms with van der Waals surface area (Å²) >= 11 is 0. The third kappa shape index (κ3) is 3.25. The maximum absolute atomic E-state index is 12.9. The average molecular weight is 305 g/mol. The van der Waals surface area contributed by atoms with Gasteiger partial charge in [0.1, 0.15) is 17.1 Å². The zero-order chi connectivity index (χ0) is 16.5. The number of methoxy groups -OCH3 is 1. The van der Waals surface area contributed by atoms with Gasteiger partial charge in [0.05, 0.1) is 18.3 Å². The summed E-state index contributed by atoms with van der Waals surface area (Å²) in [6.07, 6.45) is 0. The van der Waals surface area contributed by atoms with Crippen LogP contribution in [0.4, 0.5) is 0 Å². The van der Waals surface area contributed by atoms with Crippen LogP contribution in [0.15, 0.2) is 22.6 Å². The predicted octanol–water partition coefficient (Wildman–Crippen LogP) is 2.98. The second kappa shape index (κ2) is 6.01.